The maximum atomic E-state index is 11.2. The number of carbonyl (C=O) groups excluding carboxylic acids is 6. The molecular weight excluding hydrogens is 1010 g/mol. The lowest BCUT2D eigenvalue weighted by molar-refractivity contribution is -0.120. The summed E-state index contributed by atoms with van der Waals surface area (Å²) in [5.41, 5.74) is 3.86. The van der Waals surface area contributed by atoms with Crippen LogP contribution >= 0.6 is 0 Å². The molecule has 6 N–H and O–H groups in total. The van der Waals surface area contributed by atoms with E-state index in [1.807, 2.05) is 81.4 Å². The summed E-state index contributed by atoms with van der Waals surface area (Å²) in [5, 5.41) is 23.8. The highest BCUT2D eigenvalue weighted by Crippen LogP contribution is 2.18. The van der Waals surface area contributed by atoms with Gasteiger partial charge in [0.1, 0.15) is 12.1 Å². The Kier molecular flexibility index (Phi) is 38.3. The third kappa shape index (κ3) is 38.0. The lowest BCUT2D eigenvalue weighted by atomic mass is 9.95. The number of aromatic nitrogens is 4. The third-order valence-electron chi connectivity index (χ3n) is 9.58. The third-order valence-corrected chi connectivity index (χ3v) is 9.58. The van der Waals surface area contributed by atoms with Gasteiger partial charge in [-0.05, 0) is 41.5 Å². The second-order valence-electron chi connectivity index (χ2n) is 17.5. The molecule has 23 heteroatoms. The molecule has 1 aromatic carbocycles. The smallest absolute Gasteiger partial charge is 0.300 e. The first kappa shape index (κ1) is 68.7. The highest BCUT2D eigenvalue weighted by Gasteiger charge is 2.16. The van der Waals surface area contributed by atoms with Gasteiger partial charge in [-0.2, -0.15) is 5.26 Å². The largest absolute Gasteiger partial charge is 0.349 e. The van der Waals surface area contributed by atoms with Crippen LogP contribution in [0.2, 0.25) is 0 Å². The van der Waals surface area contributed by atoms with Gasteiger partial charge < -0.3 is 61.0 Å². The van der Waals surface area contributed by atoms with Gasteiger partial charge in [0.25, 0.3) is 74.7 Å². The van der Waals surface area contributed by atoms with Crippen molar-refractivity contribution >= 4 is 35.4 Å². The molecule has 3 aromatic heterocycles. The molecule has 1 aliphatic carbocycles. The zero-order chi connectivity index (χ0) is 58.9. The van der Waals surface area contributed by atoms with Crippen molar-refractivity contribution in [3.63, 3.8) is 0 Å². The standard InChI is InChI=1S/C15H13N3O.C12H11N5O.C9H14N2O.C8H14N2O.C6H7N3O.C6H8N2O/c1-16-11-15(19)18-10-12-7-8-14(17-9-12)13-5-3-2-4-6-13;1-13-8-12(18)16-7-10-2-3-11(15-6-10)17-5-4-14-9-17;1-10-7-9(12)11-8-5-3-2-4-6-8;1-8(2,3)6-10-7(11)5-9-4;1-8-5-6(10)9-4-2-3-7;1-3-4-8-6(9)5-7-2/h2-9H,10-11H2,(H,18,19);2-6,9H,7-8H2,(H,16,18);8H,2-7H2,(H,11,12);5-6H2,1-3H3,(H,10,11);2,4-5H2,(H,9,10);3H,1,4-5H2,(H,8,9). The van der Waals surface area contributed by atoms with E-state index < -0.39 is 0 Å². The normalized spacial score (nSPS) is 10.5. The Morgan fingerprint density at radius 3 is 1.59 bits per heavy atom. The van der Waals surface area contributed by atoms with E-state index in [1.54, 1.807) is 41.8 Å². The van der Waals surface area contributed by atoms with Crippen LogP contribution < -0.4 is 31.9 Å². The van der Waals surface area contributed by atoms with Gasteiger partial charge in [-0.15, -0.1) is 6.58 Å². The van der Waals surface area contributed by atoms with Gasteiger partial charge in [-0.25, -0.2) is 49.4 Å². The number of nitrogens with one attached hydrogen (secondary N) is 6. The molecule has 1 saturated carbocycles. The first-order chi connectivity index (χ1) is 38.0. The van der Waals surface area contributed by atoms with Gasteiger partial charge in [-0.3, -0.25) is 38.3 Å². The van der Waals surface area contributed by atoms with Crippen LogP contribution in [0.5, 0.6) is 0 Å². The Morgan fingerprint density at radius 2 is 1.15 bits per heavy atom. The summed E-state index contributed by atoms with van der Waals surface area (Å²) >= 11 is 0. The first-order valence-electron chi connectivity index (χ1n) is 24.5. The molecule has 1 fully saturated rings. The summed E-state index contributed by atoms with van der Waals surface area (Å²) in [6.45, 7) is 49.8. The molecule has 0 bridgehead atoms. The van der Waals surface area contributed by atoms with Crippen molar-refractivity contribution in [1.82, 2.24) is 51.4 Å². The molecule has 0 atom stereocenters. The number of nitrogens with zero attached hydrogens (tertiary/aromatic N) is 11. The second kappa shape index (κ2) is 44.1. The van der Waals surface area contributed by atoms with Crippen molar-refractivity contribution < 1.29 is 28.8 Å². The fraction of sp³-hybridized carbons (Fsp3) is 0.393. The van der Waals surface area contributed by atoms with E-state index in [9.17, 15) is 28.8 Å². The van der Waals surface area contributed by atoms with Crippen molar-refractivity contribution in [2.75, 3.05) is 58.9 Å². The molecule has 0 spiro atoms. The Hall–Kier alpha value is -10.3. The first-order valence-corrected chi connectivity index (χ1v) is 24.5. The molecule has 4 aromatic rings. The van der Waals surface area contributed by atoms with E-state index in [0.717, 1.165) is 41.0 Å². The number of rotatable bonds is 18. The van der Waals surface area contributed by atoms with Crippen LogP contribution in [0.1, 0.15) is 70.4 Å². The van der Waals surface area contributed by atoms with Crippen molar-refractivity contribution in [3.8, 4) is 23.1 Å². The lowest BCUT2D eigenvalue weighted by Gasteiger charge is -2.21. The highest BCUT2D eigenvalue weighted by atomic mass is 16.2. The van der Waals surface area contributed by atoms with E-state index in [2.05, 4.69) is 82.5 Å². The SMILES string of the molecule is [C-]#[N+]CC(=O)NC1CCCCC1.[C-]#[N+]CC(=O)NCC(C)(C)C.[C-]#[N+]CC(=O)NCC=C.[C-]#[N+]CC(=O)NCCC#N.[C-]#[N+]CC(=O)NCc1ccc(-c2ccccc2)nc1.[C-]#[N+]CC(=O)NCc1ccc(-n2ccnc2)nc1. The molecule has 5 rings (SSSR count). The molecule has 6 amide bonds. The van der Waals surface area contributed by atoms with Crippen LogP contribution in [-0.4, -0.2) is 120 Å². The number of pyridine rings is 2. The summed E-state index contributed by atoms with van der Waals surface area (Å²) in [4.78, 5) is 95.3. The summed E-state index contributed by atoms with van der Waals surface area (Å²) in [5.74, 6) is -0.628. The molecule has 1 aliphatic rings. The van der Waals surface area contributed by atoms with Crippen LogP contribution in [0.15, 0.2) is 98.4 Å². The number of benzene rings is 1. The second-order valence-corrected chi connectivity index (χ2v) is 17.5. The number of hydrogen-bond donors (Lipinski definition) is 6. The summed E-state index contributed by atoms with van der Waals surface area (Å²) in [7, 11) is 0. The van der Waals surface area contributed by atoms with Gasteiger partial charge >= 0.3 is 0 Å². The zero-order valence-corrected chi connectivity index (χ0v) is 44.8. The van der Waals surface area contributed by atoms with Crippen LogP contribution in [0.3, 0.4) is 0 Å². The lowest BCUT2D eigenvalue weighted by Crippen LogP contribution is -2.37. The quantitative estimate of drug-likeness (QED) is 0.0405. The minimum absolute atomic E-state index is 0.0174. The predicted molar refractivity (Wildman–Crippen MR) is 297 cm³/mol. The Labute approximate surface area is 463 Å². The average Bonchev–Trinajstić information content (AvgIpc) is 3.99. The summed E-state index contributed by atoms with van der Waals surface area (Å²) in [6.07, 6.45) is 16.3. The average molecular weight is 1070 g/mol. The van der Waals surface area contributed by atoms with Gasteiger partial charge in [0, 0.05) is 69.1 Å². The van der Waals surface area contributed by atoms with E-state index in [1.165, 1.54) is 19.3 Å². The zero-order valence-electron chi connectivity index (χ0n) is 44.8. The topological polar surface area (TPSA) is 268 Å². The summed E-state index contributed by atoms with van der Waals surface area (Å²) in [6, 6.07) is 19.7. The highest BCUT2D eigenvalue weighted by molar-refractivity contribution is 5.81. The number of imidazole rings is 1. The van der Waals surface area contributed by atoms with E-state index in [-0.39, 0.29) is 80.1 Å². The molecule has 79 heavy (non-hydrogen) atoms. The van der Waals surface area contributed by atoms with Crippen LogP contribution in [0.4, 0.5) is 0 Å². The van der Waals surface area contributed by atoms with Crippen LogP contribution in [0, 0.1) is 56.2 Å². The van der Waals surface area contributed by atoms with Crippen LogP contribution in [0.25, 0.3) is 46.1 Å². The molecular formula is C56H67N17O6. The van der Waals surface area contributed by atoms with Crippen molar-refractivity contribution in [1.29, 1.82) is 5.26 Å². The monoisotopic (exact) mass is 1070 g/mol. The predicted octanol–water partition coefficient (Wildman–Crippen LogP) is 5.65. The van der Waals surface area contributed by atoms with Gasteiger partial charge in [-0.1, -0.05) is 88.6 Å². The molecule has 0 radical (unpaired) electrons. The maximum absolute atomic E-state index is 11.2. The Morgan fingerprint density at radius 1 is 0.658 bits per heavy atom. The van der Waals surface area contributed by atoms with Gasteiger partial charge in [0.2, 0.25) is 0 Å². The minimum atomic E-state index is -0.315. The van der Waals surface area contributed by atoms with Crippen molar-refractivity contribution in [3.05, 3.63) is 178 Å². The molecule has 3 heterocycles. The molecule has 23 nitrogen and oxygen atoms in total. The number of carbonyl (C=O) groups is 6. The fourth-order valence-corrected chi connectivity index (χ4v) is 5.82. The number of hydrogen-bond acceptors (Lipinski definition) is 10. The summed E-state index contributed by atoms with van der Waals surface area (Å²) < 4.78 is 1.79. The van der Waals surface area contributed by atoms with Crippen LogP contribution in [-0.2, 0) is 41.9 Å². The van der Waals surface area contributed by atoms with Gasteiger partial charge in [0.05, 0.1) is 18.2 Å². The number of amides is 6. The maximum Gasteiger partial charge on any atom is 0.300 e. The Balaban J connectivity index is 0.000000948. The molecule has 0 saturated heterocycles. The minimum Gasteiger partial charge on any atom is -0.349 e. The van der Waals surface area contributed by atoms with Crippen molar-refractivity contribution in [2.24, 2.45) is 5.41 Å². The number of nitriles is 1. The van der Waals surface area contributed by atoms with E-state index in [4.69, 9.17) is 44.7 Å². The van der Waals surface area contributed by atoms with Gasteiger partial charge in [0.15, 0.2) is 0 Å². The molecule has 0 aliphatic heterocycles. The van der Waals surface area contributed by atoms with E-state index in [0.29, 0.717) is 45.2 Å². The van der Waals surface area contributed by atoms with Crippen molar-refractivity contribution in [2.45, 2.75) is 78.4 Å². The Bertz CT molecular complexity index is 2760. The molecule has 0 unspecified atom stereocenters. The van der Waals surface area contributed by atoms with E-state index >= 15 is 0 Å². The molecule has 412 valence electrons. The fourth-order valence-electron chi connectivity index (χ4n) is 5.82.